The first-order valence-corrected chi connectivity index (χ1v) is 11.2. The Morgan fingerprint density at radius 3 is 2.45 bits per heavy atom. The van der Waals surface area contributed by atoms with Crippen molar-refractivity contribution in [3.05, 3.63) is 64.3 Å². The van der Waals surface area contributed by atoms with Gasteiger partial charge in [0.15, 0.2) is 5.69 Å². The van der Waals surface area contributed by atoms with E-state index in [1.54, 1.807) is 40.0 Å². The quantitative estimate of drug-likeness (QED) is 0.449. The minimum absolute atomic E-state index is 0.0106. The third kappa shape index (κ3) is 6.41. The maximum atomic E-state index is 12.4. The van der Waals surface area contributed by atoms with Gasteiger partial charge in [-0.15, -0.1) is 0 Å². The van der Waals surface area contributed by atoms with E-state index in [4.69, 9.17) is 14.3 Å². The Kier molecular flexibility index (Phi) is 7.53. The first kappa shape index (κ1) is 24.4. The van der Waals surface area contributed by atoms with Crippen LogP contribution in [0, 0.1) is 0 Å². The summed E-state index contributed by atoms with van der Waals surface area (Å²) in [6.07, 6.45) is -0.145. The molecule has 0 fully saturated rings. The fraction of sp³-hybridized carbons (Fsp3) is 0.333. The van der Waals surface area contributed by atoms with Gasteiger partial charge in [-0.25, -0.2) is 9.59 Å². The van der Waals surface area contributed by atoms with Gasteiger partial charge < -0.3 is 24.7 Å². The number of methoxy groups -OCH3 is 1. The molecular formula is C24H27BrN2O6. The monoisotopic (exact) mass is 518 g/mol. The van der Waals surface area contributed by atoms with E-state index >= 15 is 0 Å². The van der Waals surface area contributed by atoms with Gasteiger partial charge in [0.2, 0.25) is 0 Å². The molecule has 1 atom stereocenters. The van der Waals surface area contributed by atoms with Crippen LogP contribution in [0.5, 0.6) is 5.75 Å². The second kappa shape index (κ2) is 10.2. The summed E-state index contributed by atoms with van der Waals surface area (Å²) in [5.74, 6) is -0.397. The van der Waals surface area contributed by atoms with E-state index < -0.39 is 23.7 Å². The molecule has 3 aromatic rings. The van der Waals surface area contributed by atoms with Gasteiger partial charge in [-0.2, -0.15) is 4.73 Å². The molecule has 1 unspecified atom stereocenters. The maximum Gasteiger partial charge on any atom is 0.408 e. The van der Waals surface area contributed by atoms with E-state index in [9.17, 15) is 14.7 Å². The second-order valence-electron chi connectivity index (χ2n) is 8.50. The number of benzene rings is 2. The number of fused-ring (bicyclic) bond motifs is 1. The molecule has 2 N–H and O–H groups in total. The summed E-state index contributed by atoms with van der Waals surface area (Å²) >= 11 is 3.46. The number of amides is 1. The Balaban J connectivity index is 1.85. The third-order valence-electron chi connectivity index (χ3n) is 4.72. The lowest BCUT2D eigenvalue weighted by Gasteiger charge is -2.24. The summed E-state index contributed by atoms with van der Waals surface area (Å²) in [7, 11) is 1.59. The van der Waals surface area contributed by atoms with Gasteiger partial charge in [-0.1, -0.05) is 24.3 Å². The molecule has 1 heterocycles. The predicted molar refractivity (Wildman–Crippen MR) is 128 cm³/mol. The number of hydrogen-bond acceptors (Lipinski definition) is 5. The highest BCUT2D eigenvalue weighted by Gasteiger charge is 2.23. The van der Waals surface area contributed by atoms with Crippen LogP contribution < -0.4 is 14.9 Å². The van der Waals surface area contributed by atoms with E-state index in [0.717, 1.165) is 11.3 Å². The molecule has 0 saturated carbocycles. The Hall–Kier alpha value is -3.20. The van der Waals surface area contributed by atoms with E-state index in [1.165, 1.54) is 4.73 Å². The van der Waals surface area contributed by atoms with Crippen LogP contribution >= 0.6 is 15.9 Å². The molecule has 33 heavy (non-hydrogen) atoms. The van der Waals surface area contributed by atoms with Crippen molar-refractivity contribution in [1.82, 2.24) is 10.0 Å². The summed E-state index contributed by atoms with van der Waals surface area (Å²) in [5, 5.41) is 13.2. The summed E-state index contributed by atoms with van der Waals surface area (Å²) in [4.78, 5) is 30.2. The van der Waals surface area contributed by atoms with Crippen LogP contribution in [0.4, 0.5) is 4.79 Å². The average Bonchev–Trinajstić information content (AvgIpc) is 3.11. The van der Waals surface area contributed by atoms with Crippen LogP contribution in [-0.2, 0) is 11.2 Å². The molecule has 0 radical (unpaired) electrons. The van der Waals surface area contributed by atoms with Gasteiger partial charge in [0.25, 0.3) is 0 Å². The number of halogens is 1. The van der Waals surface area contributed by atoms with Gasteiger partial charge in [-0.05, 0) is 73.0 Å². The van der Waals surface area contributed by atoms with Crippen LogP contribution in [0.3, 0.4) is 0 Å². The lowest BCUT2D eigenvalue weighted by molar-refractivity contribution is 0.0405. The molecule has 0 saturated heterocycles. The number of carbonyl (C=O) groups is 2. The maximum absolute atomic E-state index is 12.4. The molecule has 8 nitrogen and oxygen atoms in total. The first-order chi connectivity index (χ1) is 15.6. The van der Waals surface area contributed by atoms with Gasteiger partial charge in [0.1, 0.15) is 23.5 Å². The minimum Gasteiger partial charge on any atom is -0.497 e. The van der Waals surface area contributed by atoms with Crippen molar-refractivity contribution in [2.75, 3.05) is 13.7 Å². The Bertz CT molecular complexity index is 1130. The van der Waals surface area contributed by atoms with Crippen LogP contribution in [0.25, 0.3) is 10.9 Å². The molecule has 1 amide bonds. The number of nitrogens with zero attached hydrogens (tertiary/aromatic N) is 1. The lowest BCUT2D eigenvalue weighted by Crippen LogP contribution is -2.44. The van der Waals surface area contributed by atoms with E-state index in [1.807, 2.05) is 36.4 Å². The normalized spacial score (nSPS) is 12.3. The van der Waals surface area contributed by atoms with Crippen molar-refractivity contribution < 1.29 is 29.0 Å². The Morgan fingerprint density at radius 2 is 1.85 bits per heavy atom. The topological polar surface area (TPSA) is 99.0 Å². The fourth-order valence-corrected chi connectivity index (χ4v) is 3.85. The zero-order valence-corrected chi connectivity index (χ0v) is 20.5. The van der Waals surface area contributed by atoms with Crippen molar-refractivity contribution in [3.63, 3.8) is 0 Å². The number of carboxylic acids is 1. The van der Waals surface area contributed by atoms with Crippen LogP contribution in [-0.4, -0.2) is 47.3 Å². The molecule has 3 rings (SSSR count). The highest BCUT2D eigenvalue weighted by atomic mass is 79.9. The average molecular weight is 519 g/mol. The highest BCUT2D eigenvalue weighted by Crippen LogP contribution is 2.27. The molecule has 0 aliphatic carbocycles. The van der Waals surface area contributed by atoms with Crippen LogP contribution in [0.1, 0.15) is 36.8 Å². The number of aromatic nitrogens is 1. The lowest BCUT2D eigenvalue weighted by atomic mass is 10.1. The smallest absolute Gasteiger partial charge is 0.408 e. The number of nitrogens with one attached hydrogen (secondary N) is 1. The van der Waals surface area contributed by atoms with Crippen molar-refractivity contribution in [3.8, 4) is 5.75 Å². The highest BCUT2D eigenvalue weighted by molar-refractivity contribution is 9.10. The van der Waals surface area contributed by atoms with Crippen molar-refractivity contribution in [2.24, 2.45) is 0 Å². The molecule has 9 heteroatoms. The Morgan fingerprint density at radius 1 is 1.15 bits per heavy atom. The molecule has 0 aliphatic heterocycles. The number of aromatic carboxylic acids is 1. The molecule has 176 valence electrons. The summed E-state index contributed by atoms with van der Waals surface area (Å²) in [5.41, 5.74) is 0.860. The van der Waals surface area contributed by atoms with Gasteiger partial charge in [-0.3, -0.25) is 0 Å². The van der Waals surface area contributed by atoms with E-state index in [2.05, 4.69) is 21.2 Å². The van der Waals surface area contributed by atoms with Crippen molar-refractivity contribution >= 4 is 38.9 Å². The fourth-order valence-electron chi connectivity index (χ4n) is 3.31. The van der Waals surface area contributed by atoms with Crippen molar-refractivity contribution in [2.45, 2.75) is 38.8 Å². The first-order valence-electron chi connectivity index (χ1n) is 10.4. The van der Waals surface area contributed by atoms with Crippen LogP contribution in [0.2, 0.25) is 0 Å². The number of para-hydroxylation sites is 1. The van der Waals surface area contributed by atoms with Gasteiger partial charge in [0, 0.05) is 9.86 Å². The SMILES string of the molecule is COc1ccc(CC(COn2c(C(=O)O)cc3cccc(Br)c32)NC(=O)OC(C)(C)C)cc1. The number of ether oxygens (including phenoxy) is 2. The predicted octanol–water partition coefficient (Wildman–Crippen LogP) is 4.68. The molecule has 0 spiro atoms. The second-order valence-corrected chi connectivity index (χ2v) is 9.35. The molecule has 2 aromatic carbocycles. The molecule has 0 bridgehead atoms. The van der Waals surface area contributed by atoms with E-state index in [0.29, 0.717) is 21.8 Å². The number of rotatable bonds is 8. The van der Waals surface area contributed by atoms with Crippen molar-refractivity contribution in [1.29, 1.82) is 0 Å². The number of carbonyl (C=O) groups excluding carboxylic acids is 1. The molecule has 0 aliphatic rings. The zero-order chi connectivity index (χ0) is 24.2. The largest absolute Gasteiger partial charge is 0.497 e. The van der Waals surface area contributed by atoms with Crippen LogP contribution in [0.15, 0.2) is 53.0 Å². The number of carboxylic acid groups (broad SMARTS) is 1. The van der Waals surface area contributed by atoms with Gasteiger partial charge in [0.05, 0.1) is 13.2 Å². The van der Waals surface area contributed by atoms with E-state index in [-0.39, 0.29) is 12.3 Å². The Labute approximate surface area is 200 Å². The summed E-state index contributed by atoms with van der Waals surface area (Å²) < 4.78 is 12.6. The number of alkyl carbamates (subject to hydrolysis) is 1. The summed E-state index contributed by atoms with van der Waals surface area (Å²) in [6, 6.07) is 13.9. The molecular weight excluding hydrogens is 492 g/mol. The van der Waals surface area contributed by atoms with Gasteiger partial charge >= 0.3 is 12.1 Å². The molecule has 1 aromatic heterocycles. The number of hydrogen-bond donors (Lipinski definition) is 2. The standard InChI is InChI=1S/C24H27BrN2O6/c1-24(2,3)33-23(30)26-17(12-15-8-10-18(31-4)11-9-15)14-32-27-20(22(28)29)13-16-6-5-7-19(25)21(16)27/h5-11,13,17H,12,14H2,1-4H3,(H,26,30)(H,28,29). The summed E-state index contributed by atoms with van der Waals surface area (Å²) in [6.45, 7) is 5.36. The third-order valence-corrected chi connectivity index (χ3v) is 5.36. The minimum atomic E-state index is -1.12. The zero-order valence-electron chi connectivity index (χ0n) is 18.9.